The van der Waals surface area contributed by atoms with Crippen molar-refractivity contribution in [2.45, 2.75) is 39.1 Å². The van der Waals surface area contributed by atoms with Gasteiger partial charge in [-0.05, 0) is 49.7 Å². The summed E-state index contributed by atoms with van der Waals surface area (Å²) in [7, 11) is 0. The van der Waals surface area contributed by atoms with Crippen molar-refractivity contribution in [2.75, 3.05) is 5.32 Å². The van der Waals surface area contributed by atoms with E-state index in [-0.39, 0.29) is 18.2 Å². The van der Waals surface area contributed by atoms with Crippen molar-refractivity contribution in [3.63, 3.8) is 0 Å². The molecule has 27 heavy (non-hydrogen) atoms. The van der Waals surface area contributed by atoms with Crippen molar-refractivity contribution in [2.24, 2.45) is 0 Å². The molecule has 4 rings (SSSR count). The zero-order chi connectivity index (χ0) is 19.0. The van der Waals surface area contributed by atoms with E-state index < -0.39 is 0 Å². The van der Waals surface area contributed by atoms with E-state index in [2.05, 4.69) is 21.7 Å². The molecule has 7 heteroatoms. The maximum absolute atomic E-state index is 12.7. The predicted octanol–water partition coefficient (Wildman–Crippen LogP) is 4.36. The molecule has 0 spiro atoms. The van der Waals surface area contributed by atoms with E-state index in [1.54, 1.807) is 11.3 Å². The molecular formula is C20H21ClN4OS. The average Bonchev–Trinajstić information content (AvgIpc) is 2.99. The van der Waals surface area contributed by atoms with Gasteiger partial charge in [0.05, 0.1) is 15.2 Å². The van der Waals surface area contributed by atoms with Crippen LogP contribution in [0.3, 0.4) is 0 Å². The SMILES string of the molecule is Cc1nc2ccc(NC3NC(C)CC(=O)N3Cc3ccc(Cl)cc3)cc2s1. The monoisotopic (exact) mass is 400 g/mol. The van der Waals surface area contributed by atoms with Crippen LogP contribution >= 0.6 is 22.9 Å². The number of nitrogens with one attached hydrogen (secondary N) is 2. The van der Waals surface area contributed by atoms with Crippen LogP contribution in [-0.2, 0) is 11.3 Å². The Morgan fingerprint density at radius 1 is 1.30 bits per heavy atom. The highest BCUT2D eigenvalue weighted by molar-refractivity contribution is 7.18. The first kappa shape index (κ1) is 18.2. The first-order valence-corrected chi connectivity index (χ1v) is 10.1. The van der Waals surface area contributed by atoms with Gasteiger partial charge in [0.1, 0.15) is 0 Å². The first-order valence-electron chi connectivity index (χ1n) is 8.91. The molecule has 2 atom stereocenters. The van der Waals surface area contributed by atoms with Gasteiger partial charge in [0.25, 0.3) is 0 Å². The maximum atomic E-state index is 12.7. The Morgan fingerprint density at radius 3 is 2.85 bits per heavy atom. The molecule has 1 fully saturated rings. The molecule has 0 aliphatic carbocycles. The minimum Gasteiger partial charge on any atom is -0.353 e. The standard InChI is InChI=1S/C20H21ClN4OS/c1-12-9-19(26)25(11-14-3-5-15(21)6-4-14)20(22-12)24-16-7-8-17-18(10-16)27-13(2)23-17/h3-8,10,12,20,22,24H,9,11H2,1-2H3. The number of nitrogens with zero attached hydrogens (tertiary/aromatic N) is 2. The molecule has 3 aromatic rings. The fraction of sp³-hybridized carbons (Fsp3) is 0.300. The fourth-order valence-electron chi connectivity index (χ4n) is 3.31. The molecular weight excluding hydrogens is 380 g/mol. The summed E-state index contributed by atoms with van der Waals surface area (Å²) in [4.78, 5) is 19.0. The second-order valence-corrected chi connectivity index (χ2v) is 8.55. The van der Waals surface area contributed by atoms with E-state index in [9.17, 15) is 4.79 Å². The zero-order valence-corrected chi connectivity index (χ0v) is 16.8. The molecule has 0 radical (unpaired) electrons. The number of hydrogen-bond donors (Lipinski definition) is 2. The molecule has 2 unspecified atom stereocenters. The largest absolute Gasteiger partial charge is 0.353 e. The molecule has 1 amide bonds. The number of fused-ring (bicyclic) bond motifs is 1. The molecule has 0 saturated carbocycles. The van der Waals surface area contributed by atoms with Gasteiger partial charge in [-0.2, -0.15) is 0 Å². The molecule has 1 aliphatic heterocycles. The summed E-state index contributed by atoms with van der Waals surface area (Å²) >= 11 is 7.65. The minimum absolute atomic E-state index is 0.117. The van der Waals surface area contributed by atoms with Gasteiger partial charge in [-0.3, -0.25) is 10.1 Å². The summed E-state index contributed by atoms with van der Waals surface area (Å²) in [5.41, 5.74) is 3.01. The Morgan fingerprint density at radius 2 is 2.07 bits per heavy atom. The van der Waals surface area contributed by atoms with E-state index in [0.29, 0.717) is 18.0 Å². The number of hydrogen-bond acceptors (Lipinski definition) is 5. The van der Waals surface area contributed by atoms with Crippen molar-refractivity contribution in [3.8, 4) is 0 Å². The number of anilines is 1. The Kier molecular flexibility index (Phi) is 5.04. The average molecular weight is 401 g/mol. The zero-order valence-electron chi connectivity index (χ0n) is 15.2. The normalized spacial score (nSPS) is 20.3. The van der Waals surface area contributed by atoms with E-state index in [1.165, 1.54) is 0 Å². The molecule has 0 bridgehead atoms. The quantitative estimate of drug-likeness (QED) is 0.683. The van der Waals surface area contributed by atoms with Gasteiger partial charge >= 0.3 is 0 Å². The topological polar surface area (TPSA) is 57.3 Å². The highest BCUT2D eigenvalue weighted by Crippen LogP contribution is 2.26. The lowest BCUT2D eigenvalue weighted by Gasteiger charge is -2.40. The maximum Gasteiger partial charge on any atom is 0.227 e. The van der Waals surface area contributed by atoms with Crippen LogP contribution in [0.25, 0.3) is 10.2 Å². The summed E-state index contributed by atoms with van der Waals surface area (Å²) in [6, 6.07) is 13.8. The third-order valence-corrected chi connectivity index (χ3v) is 5.81. The van der Waals surface area contributed by atoms with Crippen LogP contribution in [0.5, 0.6) is 0 Å². The molecule has 1 saturated heterocycles. The van der Waals surface area contributed by atoms with Crippen LogP contribution < -0.4 is 10.6 Å². The van der Waals surface area contributed by atoms with E-state index in [4.69, 9.17) is 11.6 Å². The lowest BCUT2D eigenvalue weighted by molar-refractivity contribution is -0.138. The van der Waals surface area contributed by atoms with Gasteiger partial charge < -0.3 is 10.2 Å². The smallest absolute Gasteiger partial charge is 0.227 e. The number of benzene rings is 2. The van der Waals surface area contributed by atoms with Crippen LogP contribution in [0.15, 0.2) is 42.5 Å². The van der Waals surface area contributed by atoms with Gasteiger partial charge in [0, 0.05) is 29.7 Å². The fourth-order valence-corrected chi connectivity index (χ4v) is 4.31. The summed E-state index contributed by atoms with van der Waals surface area (Å²) in [6.45, 7) is 4.56. The second-order valence-electron chi connectivity index (χ2n) is 6.88. The molecule has 1 aliphatic rings. The van der Waals surface area contributed by atoms with Crippen molar-refractivity contribution < 1.29 is 4.79 Å². The Balaban J connectivity index is 1.57. The highest BCUT2D eigenvalue weighted by atomic mass is 35.5. The number of aromatic nitrogens is 1. The van der Waals surface area contributed by atoms with Gasteiger partial charge in [-0.1, -0.05) is 23.7 Å². The number of thiazole rings is 1. The molecule has 2 N–H and O–H groups in total. The Labute approximate surface area is 167 Å². The number of rotatable bonds is 4. The van der Waals surface area contributed by atoms with Crippen molar-refractivity contribution in [3.05, 3.63) is 58.1 Å². The third-order valence-electron chi connectivity index (χ3n) is 4.62. The minimum atomic E-state index is -0.275. The van der Waals surface area contributed by atoms with Crippen LogP contribution in [-0.4, -0.2) is 28.1 Å². The van der Waals surface area contributed by atoms with Crippen molar-refractivity contribution in [1.82, 2.24) is 15.2 Å². The summed E-state index contributed by atoms with van der Waals surface area (Å²) in [5.74, 6) is 0.128. The van der Waals surface area contributed by atoms with Crippen LogP contribution in [0.1, 0.15) is 23.9 Å². The molecule has 5 nitrogen and oxygen atoms in total. The first-order chi connectivity index (χ1) is 13.0. The van der Waals surface area contributed by atoms with Crippen LogP contribution in [0.2, 0.25) is 5.02 Å². The number of carbonyl (C=O) groups is 1. The lowest BCUT2D eigenvalue weighted by atomic mass is 10.1. The van der Waals surface area contributed by atoms with Crippen molar-refractivity contribution in [1.29, 1.82) is 0 Å². The number of aryl methyl sites for hydroxylation is 1. The highest BCUT2D eigenvalue weighted by Gasteiger charge is 2.31. The molecule has 140 valence electrons. The van der Waals surface area contributed by atoms with E-state index >= 15 is 0 Å². The number of carbonyl (C=O) groups excluding carboxylic acids is 1. The number of amides is 1. The molecule has 2 aromatic carbocycles. The van der Waals surface area contributed by atoms with Gasteiger partial charge in [0.15, 0.2) is 6.29 Å². The molecule has 2 heterocycles. The van der Waals surface area contributed by atoms with Gasteiger partial charge in [-0.15, -0.1) is 11.3 Å². The van der Waals surface area contributed by atoms with Crippen molar-refractivity contribution >= 4 is 44.7 Å². The Hall–Kier alpha value is -2.15. The van der Waals surface area contributed by atoms with E-state index in [1.807, 2.05) is 55.1 Å². The third kappa shape index (κ3) is 4.08. The summed E-state index contributed by atoms with van der Waals surface area (Å²) in [6.07, 6.45) is 0.210. The van der Waals surface area contributed by atoms with Crippen LogP contribution in [0.4, 0.5) is 5.69 Å². The Bertz CT molecular complexity index is 972. The van der Waals surface area contributed by atoms with Gasteiger partial charge in [0.2, 0.25) is 5.91 Å². The predicted molar refractivity (Wildman–Crippen MR) is 111 cm³/mol. The van der Waals surface area contributed by atoms with Crippen LogP contribution in [0, 0.1) is 6.92 Å². The molecule has 1 aromatic heterocycles. The van der Waals surface area contributed by atoms with E-state index in [0.717, 1.165) is 26.5 Å². The summed E-state index contributed by atoms with van der Waals surface area (Å²) < 4.78 is 1.14. The second kappa shape index (κ2) is 7.46. The number of halogens is 1. The summed E-state index contributed by atoms with van der Waals surface area (Å²) in [5, 5.41) is 8.70. The lowest BCUT2D eigenvalue weighted by Crippen LogP contribution is -2.60. The van der Waals surface area contributed by atoms with Gasteiger partial charge in [-0.25, -0.2) is 4.98 Å².